The number of aliphatic hydroxyl groups is 1. The Kier molecular flexibility index (Phi) is 5.77. The molecule has 4 rings (SSSR count). The van der Waals surface area contributed by atoms with Gasteiger partial charge in [0, 0.05) is 17.0 Å². The third-order valence-electron chi connectivity index (χ3n) is 5.20. The fraction of sp³-hybridized carbons (Fsp3) is 0.167. The van der Waals surface area contributed by atoms with Crippen LogP contribution in [0.3, 0.4) is 0 Å². The molecule has 0 spiro atoms. The molecule has 1 saturated heterocycles. The van der Waals surface area contributed by atoms with Crippen LogP contribution in [0.25, 0.3) is 5.76 Å². The van der Waals surface area contributed by atoms with Crippen molar-refractivity contribution in [1.29, 1.82) is 0 Å². The number of hydrogen-bond acceptors (Lipinski definition) is 6. The first-order valence-electron chi connectivity index (χ1n) is 9.62. The van der Waals surface area contributed by atoms with Gasteiger partial charge in [0.1, 0.15) is 17.3 Å². The minimum Gasteiger partial charge on any atom is -0.507 e. The summed E-state index contributed by atoms with van der Waals surface area (Å²) in [5, 5.41) is 12.9. The van der Waals surface area contributed by atoms with Crippen LogP contribution in [0, 0.1) is 0 Å². The standard InChI is InChI=1S/C24H21NO5S/c1-29-17-10-8-16(9-11-17)22(26)20-21(19-7-4-12-31-19)25(24(28)23(20)27)14-15-5-3-6-18(13-15)30-2/h3-13,21,26H,14H2,1-2H3/b22-20-. The van der Waals surface area contributed by atoms with Crippen molar-refractivity contribution in [3.05, 3.63) is 87.6 Å². The fourth-order valence-electron chi connectivity index (χ4n) is 3.66. The topological polar surface area (TPSA) is 76.1 Å². The maximum Gasteiger partial charge on any atom is 0.295 e. The molecule has 1 aromatic heterocycles. The zero-order chi connectivity index (χ0) is 22.0. The molecule has 158 valence electrons. The van der Waals surface area contributed by atoms with Crippen LogP contribution in [0.15, 0.2) is 71.6 Å². The zero-order valence-electron chi connectivity index (χ0n) is 17.1. The van der Waals surface area contributed by atoms with Gasteiger partial charge in [-0.2, -0.15) is 0 Å². The van der Waals surface area contributed by atoms with Gasteiger partial charge >= 0.3 is 0 Å². The van der Waals surface area contributed by atoms with Crippen LogP contribution in [0.4, 0.5) is 0 Å². The van der Waals surface area contributed by atoms with Crippen molar-refractivity contribution >= 4 is 28.8 Å². The van der Waals surface area contributed by atoms with E-state index in [0.29, 0.717) is 17.1 Å². The highest BCUT2D eigenvalue weighted by Crippen LogP contribution is 2.42. The predicted molar refractivity (Wildman–Crippen MR) is 118 cm³/mol. The van der Waals surface area contributed by atoms with Crippen molar-refractivity contribution in [2.24, 2.45) is 0 Å². The van der Waals surface area contributed by atoms with E-state index in [4.69, 9.17) is 9.47 Å². The number of hydrogen-bond donors (Lipinski definition) is 1. The smallest absolute Gasteiger partial charge is 0.295 e. The van der Waals surface area contributed by atoms with Gasteiger partial charge < -0.3 is 19.5 Å². The molecular weight excluding hydrogens is 414 g/mol. The van der Waals surface area contributed by atoms with Gasteiger partial charge in [-0.05, 0) is 53.4 Å². The molecule has 7 heteroatoms. The van der Waals surface area contributed by atoms with Crippen molar-refractivity contribution in [2.45, 2.75) is 12.6 Å². The van der Waals surface area contributed by atoms with Crippen molar-refractivity contribution in [3.63, 3.8) is 0 Å². The number of benzene rings is 2. The zero-order valence-corrected chi connectivity index (χ0v) is 17.9. The lowest BCUT2D eigenvalue weighted by atomic mass is 9.99. The minimum absolute atomic E-state index is 0.0838. The number of thiophene rings is 1. The van der Waals surface area contributed by atoms with Crippen LogP contribution in [-0.2, 0) is 16.1 Å². The molecule has 1 amide bonds. The number of nitrogens with zero attached hydrogens (tertiary/aromatic N) is 1. The highest BCUT2D eigenvalue weighted by atomic mass is 32.1. The van der Waals surface area contributed by atoms with E-state index < -0.39 is 17.7 Å². The summed E-state index contributed by atoms with van der Waals surface area (Å²) in [6.45, 7) is 0.212. The first-order chi connectivity index (χ1) is 15.0. The third-order valence-corrected chi connectivity index (χ3v) is 6.13. The maximum atomic E-state index is 13.0. The Balaban J connectivity index is 1.79. The van der Waals surface area contributed by atoms with Crippen molar-refractivity contribution in [3.8, 4) is 11.5 Å². The van der Waals surface area contributed by atoms with Crippen LogP contribution < -0.4 is 9.47 Å². The SMILES string of the molecule is COc1ccc(/C(O)=C2/C(=O)C(=O)N(Cc3cccc(OC)c3)C2c2cccs2)cc1. The lowest BCUT2D eigenvalue weighted by Gasteiger charge is -2.24. The van der Waals surface area contributed by atoms with Gasteiger partial charge in [0.25, 0.3) is 11.7 Å². The number of Topliss-reactive ketones (excluding diaryl/α,β-unsaturated/α-hetero) is 1. The Morgan fingerprint density at radius 3 is 2.39 bits per heavy atom. The van der Waals surface area contributed by atoms with Gasteiger partial charge in [0.2, 0.25) is 0 Å². The molecule has 1 fully saturated rings. The van der Waals surface area contributed by atoms with Crippen LogP contribution >= 0.6 is 11.3 Å². The monoisotopic (exact) mass is 435 g/mol. The second-order valence-corrected chi connectivity index (χ2v) is 8.00. The minimum atomic E-state index is -0.699. The van der Waals surface area contributed by atoms with E-state index in [1.165, 1.54) is 16.2 Å². The van der Waals surface area contributed by atoms with E-state index in [2.05, 4.69) is 0 Å². The Labute approximate surface area is 184 Å². The van der Waals surface area contributed by atoms with Crippen molar-refractivity contribution < 1.29 is 24.2 Å². The lowest BCUT2D eigenvalue weighted by molar-refractivity contribution is -0.140. The molecule has 2 heterocycles. The Hall–Kier alpha value is -3.58. The predicted octanol–water partition coefficient (Wildman–Crippen LogP) is 4.39. The molecule has 1 aliphatic rings. The number of carbonyl (C=O) groups excluding carboxylic acids is 2. The van der Waals surface area contributed by atoms with Crippen LogP contribution in [0.2, 0.25) is 0 Å². The largest absolute Gasteiger partial charge is 0.507 e. The summed E-state index contributed by atoms with van der Waals surface area (Å²) in [4.78, 5) is 28.3. The van der Waals surface area contributed by atoms with Gasteiger partial charge in [-0.1, -0.05) is 18.2 Å². The average molecular weight is 436 g/mol. The highest BCUT2D eigenvalue weighted by Gasteiger charge is 2.46. The number of rotatable bonds is 6. The molecule has 1 aliphatic heterocycles. The van der Waals surface area contributed by atoms with E-state index >= 15 is 0 Å². The van der Waals surface area contributed by atoms with E-state index in [-0.39, 0.29) is 17.9 Å². The molecule has 3 aromatic rings. The Bertz CT molecular complexity index is 1140. The first kappa shape index (κ1) is 20.7. The lowest BCUT2D eigenvalue weighted by Crippen LogP contribution is -2.28. The molecule has 0 radical (unpaired) electrons. The van der Waals surface area contributed by atoms with Crippen LogP contribution in [-0.4, -0.2) is 35.9 Å². The summed E-state index contributed by atoms with van der Waals surface area (Å²) in [5.74, 6) is -0.247. The fourth-order valence-corrected chi connectivity index (χ4v) is 4.50. The number of methoxy groups -OCH3 is 2. The second-order valence-electron chi connectivity index (χ2n) is 7.02. The molecular formula is C24H21NO5S. The van der Waals surface area contributed by atoms with Gasteiger partial charge in [-0.3, -0.25) is 9.59 Å². The summed E-state index contributed by atoms with van der Waals surface area (Å²) < 4.78 is 10.4. The van der Waals surface area contributed by atoms with E-state index in [1.54, 1.807) is 38.5 Å². The molecule has 1 unspecified atom stereocenters. The second kappa shape index (κ2) is 8.65. The maximum absolute atomic E-state index is 13.0. The van der Waals surface area contributed by atoms with Crippen LogP contribution in [0.5, 0.6) is 11.5 Å². The van der Waals surface area contributed by atoms with E-state index in [0.717, 1.165) is 10.4 Å². The number of amides is 1. The number of carbonyl (C=O) groups is 2. The molecule has 1 N–H and O–H groups in total. The van der Waals surface area contributed by atoms with Crippen LogP contribution in [0.1, 0.15) is 22.0 Å². The number of likely N-dealkylation sites (tertiary alicyclic amines) is 1. The number of ether oxygens (including phenoxy) is 2. The Morgan fingerprint density at radius 1 is 1.00 bits per heavy atom. The number of ketones is 1. The summed E-state index contributed by atoms with van der Waals surface area (Å²) in [6, 6.07) is 17.1. The van der Waals surface area contributed by atoms with E-state index in [1.807, 2.05) is 41.8 Å². The molecule has 0 saturated carbocycles. The summed E-state index contributed by atoms with van der Waals surface area (Å²) in [6.07, 6.45) is 0. The molecule has 6 nitrogen and oxygen atoms in total. The number of aliphatic hydroxyl groups excluding tert-OH is 1. The average Bonchev–Trinajstić information content (AvgIpc) is 3.41. The summed E-state index contributed by atoms with van der Waals surface area (Å²) in [5.41, 5.74) is 1.36. The molecule has 0 bridgehead atoms. The van der Waals surface area contributed by atoms with Crippen molar-refractivity contribution in [2.75, 3.05) is 14.2 Å². The van der Waals surface area contributed by atoms with Gasteiger partial charge in [-0.25, -0.2) is 0 Å². The summed E-state index contributed by atoms with van der Waals surface area (Å²) >= 11 is 1.43. The summed E-state index contributed by atoms with van der Waals surface area (Å²) in [7, 11) is 3.13. The van der Waals surface area contributed by atoms with Gasteiger partial charge in [0.15, 0.2) is 0 Å². The molecule has 31 heavy (non-hydrogen) atoms. The molecule has 0 aliphatic carbocycles. The van der Waals surface area contributed by atoms with Gasteiger partial charge in [0.05, 0.1) is 25.8 Å². The van der Waals surface area contributed by atoms with Crippen molar-refractivity contribution in [1.82, 2.24) is 4.90 Å². The van der Waals surface area contributed by atoms with E-state index in [9.17, 15) is 14.7 Å². The Morgan fingerprint density at radius 2 is 1.74 bits per heavy atom. The normalized spacial score (nSPS) is 17.7. The first-order valence-corrected chi connectivity index (χ1v) is 10.5. The highest BCUT2D eigenvalue weighted by molar-refractivity contribution is 7.10. The molecule has 1 atom stereocenters. The quantitative estimate of drug-likeness (QED) is 0.353. The molecule has 2 aromatic carbocycles. The van der Waals surface area contributed by atoms with Gasteiger partial charge in [-0.15, -0.1) is 11.3 Å². The third kappa shape index (κ3) is 3.92.